The molecule has 0 fully saturated rings. The van der Waals surface area contributed by atoms with Gasteiger partial charge in [0, 0.05) is 16.0 Å². The first kappa shape index (κ1) is 16.3. The number of aromatic amines is 2. The van der Waals surface area contributed by atoms with Crippen molar-refractivity contribution in [3.8, 4) is 0 Å². The van der Waals surface area contributed by atoms with E-state index in [0.717, 1.165) is 4.68 Å². The number of aromatic nitrogens is 3. The zero-order chi connectivity index (χ0) is 18.4. The molecule has 6 nitrogen and oxygen atoms in total. The van der Waals surface area contributed by atoms with Crippen molar-refractivity contribution in [2.45, 2.75) is 6.54 Å². The number of hydrogen-bond donors (Lipinski definition) is 2. The van der Waals surface area contributed by atoms with E-state index in [4.69, 9.17) is 11.6 Å². The molecule has 0 aliphatic heterocycles. The van der Waals surface area contributed by atoms with E-state index in [9.17, 15) is 18.8 Å². The first-order valence-corrected chi connectivity index (χ1v) is 8.05. The SMILES string of the molecule is O=c1[nH]n(Cc2ccccc2F)c(=O)c2c(=O)c3ccc(Cl)cc3[nH]c12. The van der Waals surface area contributed by atoms with Crippen LogP contribution in [0.3, 0.4) is 0 Å². The minimum atomic E-state index is -0.707. The summed E-state index contributed by atoms with van der Waals surface area (Å²) in [6, 6.07) is 10.4. The topological polar surface area (TPSA) is 87.7 Å². The Morgan fingerprint density at radius 1 is 1.08 bits per heavy atom. The molecule has 2 aromatic heterocycles. The summed E-state index contributed by atoms with van der Waals surface area (Å²) in [5.74, 6) is -0.512. The molecule has 2 heterocycles. The third-order valence-corrected chi connectivity index (χ3v) is 4.41. The Bertz CT molecular complexity index is 1350. The number of halogens is 2. The van der Waals surface area contributed by atoms with E-state index in [0.29, 0.717) is 10.5 Å². The lowest BCUT2D eigenvalue weighted by Crippen LogP contribution is -2.34. The number of nitrogens with one attached hydrogen (secondary N) is 2. The third-order valence-electron chi connectivity index (χ3n) is 4.17. The Morgan fingerprint density at radius 3 is 2.62 bits per heavy atom. The molecule has 0 aliphatic rings. The Kier molecular flexibility index (Phi) is 3.73. The highest BCUT2D eigenvalue weighted by molar-refractivity contribution is 6.31. The lowest BCUT2D eigenvalue weighted by molar-refractivity contribution is 0.571. The average molecular weight is 372 g/mol. The standard InChI is InChI=1S/C18H11ClFN3O3/c19-10-5-6-11-13(7-10)21-15-14(16(11)24)18(26)23(22-17(15)25)8-9-3-1-2-4-12(9)20/h1-7H,8H2,(H,21,24)(H,22,25). The fraction of sp³-hybridized carbons (Fsp3) is 0.0556. The normalized spacial score (nSPS) is 11.3. The van der Waals surface area contributed by atoms with Gasteiger partial charge in [0.2, 0.25) is 5.43 Å². The maximum absolute atomic E-state index is 13.9. The molecule has 0 unspecified atom stereocenters. The lowest BCUT2D eigenvalue weighted by Gasteiger charge is -2.09. The molecule has 4 aromatic rings. The smallest absolute Gasteiger partial charge is 0.287 e. The number of fused-ring (bicyclic) bond motifs is 2. The lowest BCUT2D eigenvalue weighted by atomic mass is 10.1. The van der Waals surface area contributed by atoms with Gasteiger partial charge in [0.15, 0.2) is 0 Å². The molecular weight excluding hydrogens is 361 g/mol. The van der Waals surface area contributed by atoms with E-state index in [2.05, 4.69) is 10.1 Å². The fourth-order valence-electron chi connectivity index (χ4n) is 2.91. The van der Waals surface area contributed by atoms with Gasteiger partial charge < -0.3 is 4.98 Å². The first-order chi connectivity index (χ1) is 12.5. The van der Waals surface area contributed by atoms with Crippen molar-refractivity contribution in [2.24, 2.45) is 0 Å². The molecule has 0 bridgehead atoms. The van der Waals surface area contributed by atoms with Gasteiger partial charge in [-0.25, -0.2) is 9.07 Å². The summed E-state index contributed by atoms with van der Waals surface area (Å²) in [5.41, 5.74) is -1.51. The van der Waals surface area contributed by atoms with Crippen LogP contribution in [0, 0.1) is 5.82 Å². The van der Waals surface area contributed by atoms with Crippen LogP contribution in [0.15, 0.2) is 56.8 Å². The van der Waals surface area contributed by atoms with E-state index >= 15 is 0 Å². The van der Waals surface area contributed by atoms with Crippen molar-refractivity contribution in [1.29, 1.82) is 0 Å². The second-order valence-electron chi connectivity index (χ2n) is 5.82. The van der Waals surface area contributed by atoms with Gasteiger partial charge in [-0.05, 0) is 24.3 Å². The van der Waals surface area contributed by atoms with Crippen molar-refractivity contribution >= 4 is 33.4 Å². The molecule has 4 rings (SSSR count). The fourth-order valence-corrected chi connectivity index (χ4v) is 3.08. The van der Waals surface area contributed by atoms with Gasteiger partial charge in [-0.2, -0.15) is 0 Å². The molecule has 0 radical (unpaired) electrons. The third kappa shape index (κ3) is 2.53. The van der Waals surface area contributed by atoms with Gasteiger partial charge in [0.25, 0.3) is 11.1 Å². The highest BCUT2D eigenvalue weighted by Crippen LogP contribution is 2.16. The zero-order valence-corrected chi connectivity index (χ0v) is 13.9. The van der Waals surface area contributed by atoms with Gasteiger partial charge >= 0.3 is 0 Å². The number of pyridine rings is 1. The molecule has 2 aromatic carbocycles. The van der Waals surface area contributed by atoms with Gasteiger partial charge in [-0.1, -0.05) is 29.8 Å². The monoisotopic (exact) mass is 371 g/mol. The van der Waals surface area contributed by atoms with Crippen LogP contribution in [0.1, 0.15) is 5.56 Å². The minimum absolute atomic E-state index is 0.139. The Labute approximate surface area is 149 Å². The van der Waals surface area contributed by atoms with Crippen molar-refractivity contribution in [2.75, 3.05) is 0 Å². The van der Waals surface area contributed by atoms with Crippen LogP contribution in [-0.2, 0) is 6.54 Å². The maximum Gasteiger partial charge on any atom is 0.287 e. The number of benzene rings is 2. The molecule has 0 atom stereocenters. The van der Waals surface area contributed by atoms with Crippen molar-refractivity contribution < 1.29 is 4.39 Å². The Hall–Kier alpha value is -3.19. The molecule has 0 saturated heterocycles. The number of hydrogen-bond acceptors (Lipinski definition) is 3. The second-order valence-corrected chi connectivity index (χ2v) is 6.25. The maximum atomic E-state index is 13.9. The number of rotatable bonds is 2. The van der Waals surface area contributed by atoms with E-state index in [1.54, 1.807) is 6.07 Å². The summed E-state index contributed by atoms with van der Waals surface area (Å²) in [7, 11) is 0. The van der Waals surface area contributed by atoms with Crippen LogP contribution < -0.4 is 16.5 Å². The minimum Gasteiger partial charge on any atom is -0.350 e. The highest BCUT2D eigenvalue weighted by Gasteiger charge is 2.15. The molecule has 0 saturated carbocycles. The first-order valence-electron chi connectivity index (χ1n) is 7.67. The van der Waals surface area contributed by atoms with Crippen molar-refractivity contribution in [3.05, 3.63) is 89.8 Å². The molecular formula is C18H11ClFN3O3. The van der Waals surface area contributed by atoms with Gasteiger partial charge in [-0.3, -0.25) is 19.5 Å². The van der Waals surface area contributed by atoms with Crippen LogP contribution in [0.2, 0.25) is 5.02 Å². The van der Waals surface area contributed by atoms with Gasteiger partial charge in [0.1, 0.15) is 16.7 Å². The van der Waals surface area contributed by atoms with Crippen LogP contribution in [0.5, 0.6) is 0 Å². The van der Waals surface area contributed by atoms with Crippen LogP contribution in [0.4, 0.5) is 4.39 Å². The van der Waals surface area contributed by atoms with E-state index < -0.39 is 22.4 Å². The van der Waals surface area contributed by atoms with E-state index in [1.165, 1.54) is 36.4 Å². The summed E-state index contributed by atoms with van der Waals surface area (Å²) in [5, 5.41) is 2.73. The van der Waals surface area contributed by atoms with Crippen LogP contribution in [0.25, 0.3) is 21.8 Å². The molecule has 8 heteroatoms. The van der Waals surface area contributed by atoms with E-state index in [-0.39, 0.29) is 28.4 Å². The molecule has 130 valence electrons. The predicted molar refractivity (Wildman–Crippen MR) is 97.5 cm³/mol. The van der Waals surface area contributed by atoms with Crippen LogP contribution >= 0.6 is 11.6 Å². The summed E-state index contributed by atoms with van der Waals surface area (Å²) in [4.78, 5) is 40.7. The predicted octanol–water partition coefficient (Wildman–Crippen LogP) is 2.37. The van der Waals surface area contributed by atoms with Gasteiger partial charge in [-0.15, -0.1) is 0 Å². The zero-order valence-electron chi connectivity index (χ0n) is 13.2. The summed E-state index contributed by atoms with van der Waals surface area (Å²) in [6.45, 7) is -0.200. The Morgan fingerprint density at radius 2 is 1.85 bits per heavy atom. The molecule has 2 N–H and O–H groups in total. The van der Waals surface area contributed by atoms with E-state index in [1.807, 2.05) is 0 Å². The molecule has 0 aliphatic carbocycles. The quantitative estimate of drug-likeness (QED) is 0.530. The van der Waals surface area contributed by atoms with Crippen molar-refractivity contribution in [1.82, 2.24) is 14.8 Å². The van der Waals surface area contributed by atoms with Gasteiger partial charge in [0.05, 0.1) is 12.1 Å². The average Bonchev–Trinajstić information content (AvgIpc) is 2.61. The Balaban J connectivity index is 2.04. The summed E-state index contributed by atoms with van der Waals surface area (Å²) in [6.07, 6.45) is 0. The number of H-pyrrole nitrogens is 2. The summed E-state index contributed by atoms with van der Waals surface area (Å²) >= 11 is 5.91. The largest absolute Gasteiger partial charge is 0.350 e. The number of nitrogens with zero attached hydrogens (tertiary/aromatic N) is 1. The molecule has 0 amide bonds. The van der Waals surface area contributed by atoms with Crippen molar-refractivity contribution in [3.63, 3.8) is 0 Å². The second kappa shape index (κ2) is 5.96. The molecule has 0 spiro atoms. The highest BCUT2D eigenvalue weighted by atomic mass is 35.5. The van der Waals surface area contributed by atoms with Crippen LogP contribution in [-0.4, -0.2) is 14.8 Å². The summed E-state index contributed by atoms with van der Waals surface area (Å²) < 4.78 is 14.8. The molecule has 26 heavy (non-hydrogen) atoms.